The Kier molecular flexibility index (Phi) is 3.75. The SMILES string of the molecule is C#CCNc1ccccc1C(=O)N(C)C. The quantitative estimate of drug-likeness (QED) is 0.752. The maximum atomic E-state index is 11.8. The average Bonchev–Trinajstić information content (AvgIpc) is 2.25. The van der Waals surface area contributed by atoms with E-state index in [-0.39, 0.29) is 5.91 Å². The number of carbonyl (C=O) groups excluding carboxylic acids is 1. The van der Waals surface area contributed by atoms with E-state index in [9.17, 15) is 4.79 Å². The molecule has 3 heteroatoms. The molecule has 0 saturated heterocycles. The summed E-state index contributed by atoms with van der Waals surface area (Å²) in [5, 5.41) is 3.02. The lowest BCUT2D eigenvalue weighted by atomic mass is 10.1. The van der Waals surface area contributed by atoms with Crippen LogP contribution in [-0.2, 0) is 0 Å². The lowest BCUT2D eigenvalue weighted by Crippen LogP contribution is -2.22. The molecule has 0 aromatic heterocycles. The number of para-hydroxylation sites is 1. The first-order valence-corrected chi connectivity index (χ1v) is 4.65. The van der Waals surface area contributed by atoms with Gasteiger partial charge in [0.1, 0.15) is 0 Å². The molecule has 0 radical (unpaired) electrons. The van der Waals surface area contributed by atoms with Gasteiger partial charge in [-0.1, -0.05) is 18.1 Å². The van der Waals surface area contributed by atoms with Crippen molar-refractivity contribution >= 4 is 11.6 Å². The molecule has 1 rings (SSSR count). The van der Waals surface area contributed by atoms with Crippen molar-refractivity contribution in [3.63, 3.8) is 0 Å². The number of amides is 1. The highest BCUT2D eigenvalue weighted by Gasteiger charge is 2.11. The van der Waals surface area contributed by atoms with Gasteiger partial charge in [-0.25, -0.2) is 0 Å². The molecule has 1 amide bonds. The Bertz CT molecular complexity index is 391. The first-order valence-electron chi connectivity index (χ1n) is 4.65. The van der Waals surface area contributed by atoms with Gasteiger partial charge in [0.05, 0.1) is 12.1 Å². The number of benzene rings is 1. The molecule has 0 heterocycles. The molecule has 3 nitrogen and oxygen atoms in total. The van der Waals surface area contributed by atoms with E-state index in [1.54, 1.807) is 20.2 Å². The van der Waals surface area contributed by atoms with Gasteiger partial charge in [0.25, 0.3) is 5.91 Å². The van der Waals surface area contributed by atoms with Gasteiger partial charge in [-0.15, -0.1) is 6.42 Å². The Balaban J connectivity index is 2.96. The van der Waals surface area contributed by atoms with Crippen molar-refractivity contribution < 1.29 is 4.79 Å². The van der Waals surface area contributed by atoms with Crippen LogP contribution >= 0.6 is 0 Å². The van der Waals surface area contributed by atoms with Crippen molar-refractivity contribution in [3.05, 3.63) is 29.8 Å². The van der Waals surface area contributed by atoms with E-state index in [4.69, 9.17) is 6.42 Å². The summed E-state index contributed by atoms with van der Waals surface area (Å²) in [5.41, 5.74) is 1.41. The maximum absolute atomic E-state index is 11.8. The first-order chi connectivity index (χ1) is 7.16. The minimum atomic E-state index is -0.0323. The first kappa shape index (κ1) is 11.1. The van der Waals surface area contributed by atoms with Gasteiger partial charge in [-0.3, -0.25) is 4.79 Å². The van der Waals surface area contributed by atoms with E-state index >= 15 is 0 Å². The van der Waals surface area contributed by atoms with E-state index in [1.807, 2.05) is 18.2 Å². The number of terminal acetylenes is 1. The van der Waals surface area contributed by atoms with Crippen molar-refractivity contribution in [3.8, 4) is 12.3 Å². The molecule has 15 heavy (non-hydrogen) atoms. The van der Waals surface area contributed by atoms with Crippen LogP contribution in [0.3, 0.4) is 0 Å². The summed E-state index contributed by atoms with van der Waals surface area (Å²) in [4.78, 5) is 13.3. The molecule has 0 bridgehead atoms. The van der Waals surface area contributed by atoms with Crippen molar-refractivity contribution in [2.75, 3.05) is 26.0 Å². The van der Waals surface area contributed by atoms with Crippen LogP contribution in [0.25, 0.3) is 0 Å². The predicted molar refractivity (Wildman–Crippen MR) is 61.8 cm³/mol. The summed E-state index contributed by atoms with van der Waals surface area (Å²) in [6.07, 6.45) is 5.15. The lowest BCUT2D eigenvalue weighted by molar-refractivity contribution is 0.0828. The molecule has 0 saturated carbocycles. The predicted octanol–water partition coefficient (Wildman–Crippen LogP) is 1.43. The molecule has 1 aromatic carbocycles. The number of anilines is 1. The van der Waals surface area contributed by atoms with Crippen molar-refractivity contribution in [1.29, 1.82) is 0 Å². The smallest absolute Gasteiger partial charge is 0.255 e. The topological polar surface area (TPSA) is 32.3 Å². The van der Waals surface area contributed by atoms with Crippen LogP contribution < -0.4 is 5.32 Å². The van der Waals surface area contributed by atoms with E-state index < -0.39 is 0 Å². The normalized spacial score (nSPS) is 9.13. The van der Waals surface area contributed by atoms with Crippen LogP contribution in [0.15, 0.2) is 24.3 Å². The van der Waals surface area contributed by atoms with Crippen LogP contribution in [0, 0.1) is 12.3 Å². The van der Waals surface area contributed by atoms with Crippen LogP contribution in [0.2, 0.25) is 0 Å². The van der Waals surface area contributed by atoms with Crippen LogP contribution in [0.1, 0.15) is 10.4 Å². The molecule has 78 valence electrons. The molecule has 1 N–H and O–H groups in total. The average molecular weight is 202 g/mol. The van der Waals surface area contributed by atoms with E-state index in [1.165, 1.54) is 4.90 Å². The van der Waals surface area contributed by atoms with Gasteiger partial charge in [-0.05, 0) is 12.1 Å². The standard InChI is InChI=1S/C12H14N2O/c1-4-9-13-11-8-6-5-7-10(11)12(15)14(2)3/h1,5-8,13H,9H2,2-3H3. The highest BCUT2D eigenvalue weighted by Crippen LogP contribution is 2.15. The summed E-state index contributed by atoms with van der Waals surface area (Å²) in [6, 6.07) is 7.32. The fourth-order valence-corrected chi connectivity index (χ4v) is 1.21. The van der Waals surface area contributed by atoms with Gasteiger partial charge in [-0.2, -0.15) is 0 Å². The Morgan fingerprint density at radius 3 is 2.73 bits per heavy atom. The zero-order valence-electron chi connectivity index (χ0n) is 8.95. The number of hydrogen-bond donors (Lipinski definition) is 1. The minimum absolute atomic E-state index is 0.0323. The summed E-state index contributed by atoms with van der Waals surface area (Å²) in [6.45, 7) is 0.414. The summed E-state index contributed by atoms with van der Waals surface area (Å²) >= 11 is 0. The molecule has 0 unspecified atom stereocenters. The van der Waals surface area contributed by atoms with Crippen LogP contribution in [-0.4, -0.2) is 31.4 Å². The second-order valence-corrected chi connectivity index (χ2v) is 3.30. The molecule has 0 aliphatic rings. The van der Waals surface area contributed by atoms with E-state index in [0.29, 0.717) is 12.1 Å². The fourth-order valence-electron chi connectivity index (χ4n) is 1.21. The van der Waals surface area contributed by atoms with Gasteiger partial charge >= 0.3 is 0 Å². The molecule has 0 atom stereocenters. The third-order valence-corrected chi connectivity index (χ3v) is 1.94. The lowest BCUT2D eigenvalue weighted by Gasteiger charge is -2.14. The fraction of sp³-hybridized carbons (Fsp3) is 0.250. The van der Waals surface area contributed by atoms with Gasteiger partial charge in [0.15, 0.2) is 0 Å². The Labute approximate surface area is 90.1 Å². The van der Waals surface area contributed by atoms with Gasteiger partial charge < -0.3 is 10.2 Å². The molecular weight excluding hydrogens is 188 g/mol. The minimum Gasteiger partial charge on any atom is -0.373 e. The highest BCUT2D eigenvalue weighted by molar-refractivity contribution is 5.99. The zero-order valence-corrected chi connectivity index (χ0v) is 8.95. The van der Waals surface area contributed by atoms with E-state index in [0.717, 1.165) is 5.69 Å². The molecule has 0 spiro atoms. The van der Waals surface area contributed by atoms with Crippen molar-refractivity contribution in [2.45, 2.75) is 0 Å². The zero-order chi connectivity index (χ0) is 11.3. The third kappa shape index (κ3) is 2.75. The summed E-state index contributed by atoms with van der Waals surface area (Å²) in [5.74, 6) is 2.44. The second kappa shape index (κ2) is 5.06. The van der Waals surface area contributed by atoms with Crippen molar-refractivity contribution in [1.82, 2.24) is 4.90 Å². The number of hydrogen-bond acceptors (Lipinski definition) is 2. The summed E-state index contributed by atoms with van der Waals surface area (Å²) in [7, 11) is 3.45. The van der Waals surface area contributed by atoms with Crippen LogP contribution in [0.5, 0.6) is 0 Å². The largest absolute Gasteiger partial charge is 0.373 e. The van der Waals surface area contributed by atoms with E-state index in [2.05, 4.69) is 11.2 Å². The molecule has 0 fully saturated rings. The van der Waals surface area contributed by atoms with Gasteiger partial charge in [0, 0.05) is 19.8 Å². The number of rotatable bonds is 3. The Morgan fingerprint density at radius 2 is 2.13 bits per heavy atom. The molecular formula is C12H14N2O. The molecule has 1 aromatic rings. The van der Waals surface area contributed by atoms with Gasteiger partial charge in [0.2, 0.25) is 0 Å². The number of nitrogens with zero attached hydrogens (tertiary/aromatic N) is 1. The second-order valence-electron chi connectivity index (χ2n) is 3.30. The highest BCUT2D eigenvalue weighted by atomic mass is 16.2. The number of carbonyl (C=O) groups is 1. The van der Waals surface area contributed by atoms with Crippen LogP contribution in [0.4, 0.5) is 5.69 Å². The maximum Gasteiger partial charge on any atom is 0.255 e. The third-order valence-electron chi connectivity index (χ3n) is 1.94. The Morgan fingerprint density at radius 1 is 1.47 bits per heavy atom. The summed E-state index contributed by atoms with van der Waals surface area (Å²) < 4.78 is 0. The van der Waals surface area contributed by atoms with Crippen molar-refractivity contribution in [2.24, 2.45) is 0 Å². The molecule has 0 aliphatic carbocycles. The molecule has 0 aliphatic heterocycles. The monoisotopic (exact) mass is 202 g/mol. The number of nitrogens with one attached hydrogen (secondary N) is 1. The Hall–Kier alpha value is -1.95.